The molecular formula is C9H9BrN2O4. The minimum absolute atomic E-state index is 0.163. The van der Waals surface area contributed by atoms with E-state index in [0.717, 1.165) is 6.07 Å². The van der Waals surface area contributed by atoms with Crippen molar-refractivity contribution in [2.75, 3.05) is 10.6 Å². The van der Waals surface area contributed by atoms with Crippen molar-refractivity contribution in [1.82, 2.24) is 0 Å². The molecule has 0 saturated heterocycles. The van der Waals surface area contributed by atoms with E-state index < -0.39 is 4.92 Å². The topological polar surface area (TPSA) is 92.5 Å². The van der Waals surface area contributed by atoms with Crippen LogP contribution in [0.4, 0.5) is 11.4 Å². The SMILES string of the molecule is O=C(CCBr)Nc1ccc([N+](=O)[O-])cc1O. The van der Waals surface area contributed by atoms with Crippen LogP contribution in [0.5, 0.6) is 5.75 Å². The van der Waals surface area contributed by atoms with Crippen molar-refractivity contribution < 1.29 is 14.8 Å². The minimum Gasteiger partial charge on any atom is -0.506 e. The van der Waals surface area contributed by atoms with Gasteiger partial charge in [-0.1, -0.05) is 15.9 Å². The van der Waals surface area contributed by atoms with Crippen LogP contribution < -0.4 is 5.32 Å². The van der Waals surface area contributed by atoms with Crippen molar-refractivity contribution in [3.05, 3.63) is 28.3 Å². The molecule has 1 aromatic carbocycles. The number of benzene rings is 1. The molecule has 86 valence electrons. The van der Waals surface area contributed by atoms with Gasteiger partial charge in [0.25, 0.3) is 5.69 Å². The number of nitrogens with one attached hydrogen (secondary N) is 1. The zero-order valence-corrected chi connectivity index (χ0v) is 9.73. The highest BCUT2D eigenvalue weighted by Gasteiger charge is 2.11. The van der Waals surface area contributed by atoms with Crippen LogP contribution >= 0.6 is 15.9 Å². The van der Waals surface area contributed by atoms with Crippen LogP contribution in [0, 0.1) is 10.1 Å². The van der Waals surface area contributed by atoms with E-state index in [1.54, 1.807) is 0 Å². The normalized spacial score (nSPS) is 9.81. The Morgan fingerprint density at radius 1 is 1.56 bits per heavy atom. The Bertz CT molecular complexity index is 422. The van der Waals surface area contributed by atoms with Crippen molar-refractivity contribution in [3.8, 4) is 5.75 Å². The molecule has 1 rings (SSSR count). The summed E-state index contributed by atoms with van der Waals surface area (Å²) in [5.41, 5.74) is -0.0625. The zero-order valence-electron chi connectivity index (χ0n) is 8.14. The van der Waals surface area contributed by atoms with Crippen molar-refractivity contribution in [1.29, 1.82) is 0 Å². The van der Waals surface area contributed by atoms with Gasteiger partial charge < -0.3 is 10.4 Å². The summed E-state index contributed by atoms with van der Waals surface area (Å²) in [6, 6.07) is 3.49. The molecule has 0 bridgehead atoms. The predicted molar refractivity (Wildman–Crippen MR) is 61.8 cm³/mol. The number of phenolic OH excluding ortho intramolecular Hbond substituents is 1. The summed E-state index contributed by atoms with van der Waals surface area (Å²) in [4.78, 5) is 21.0. The van der Waals surface area contributed by atoms with Gasteiger partial charge in [0.15, 0.2) is 0 Å². The van der Waals surface area contributed by atoms with Crippen LogP contribution in [-0.4, -0.2) is 21.3 Å². The fraction of sp³-hybridized carbons (Fsp3) is 0.222. The molecule has 7 heteroatoms. The Morgan fingerprint density at radius 3 is 2.75 bits per heavy atom. The number of nitro groups is 1. The summed E-state index contributed by atoms with van der Waals surface area (Å²) in [5.74, 6) is -0.599. The first-order valence-corrected chi connectivity index (χ1v) is 5.50. The van der Waals surface area contributed by atoms with Gasteiger partial charge in [0.1, 0.15) is 5.75 Å². The molecule has 0 aliphatic rings. The molecular weight excluding hydrogens is 280 g/mol. The van der Waals surface area contributed by atoms with Crippen LogP contribution in [0.2, 0.25) is 0 Å². The number of nitro benzene ring substituents is 1. The van der Waals surface area contributed by atoms with Gasteiger partial charge in [-0.05, 0) is 6.07 Å². The summed E-state index contributed by atoms with van der Waals surface area (Å²) < 4.78 is 0. The van der Waals surface area contributed by atoms with Gasteiger partial charge in [0, 0.05) is 17.8 Å². The molecule has 0 aliphatic heterocycles. The van der Waals surface area contributed by atoms with Crippen LogP contribution in [0.1, 0.15) is 6.42 Å². The van der Waals surface area contributed by atoms with Gasteiger partial charge in [-0.3, -0.25) is 14.9 Å². The molecule has 2 N–H and O–H groups in total. The Labute approximate surface area is 99.6 Å². The van der Waals surface area contributed by atoms with Crippen LogP contribution in [0.25, 0.3) is 0 Å². The molecule has 0 radical (unpaired) electrons. The standard InChI is InChI=1S/C9H9BrN2O4/c10-4-3-9(14)11-7-2-1-6(12(15)16)5-8(7)13/h1-2,5,13H,3-4H2,(H,11,14). The second kappa shape index (κ2) is 5.45. The van der Waals surface area contributed by atoms with Crippen molar-refractivity contribution in [3.63, 3.8) is 0 Å². The molecule has 0 spiro atoms. The maximum absolute atomic E-state index is 11.2. The number of aromatic hydroxyl groups is 1. The molecule has 0 unspecified atom stereocenters. The van der Waals surface area contributed by atoms with E-state index in [4.69, 9.17) is 0 Å². The molecule has 1 aromatic rings. The third kappa shape index (κ3) is 3.20. The maximum Gasteiger partial charge on any atom is 0.273 e. The number of rotatable bonds is 4. The van der Waals surface area contributed by atoms with Gasteiger partial charge in [0.05, 0.1) is 16.7 Å². The highest BCUT2D eigenvalue weighted by molar-refractivity contribution is 9.09. The Kier molecular flexibility index (Phi) is 4.24. The van der Waals surface area contributed by atoms with Crippen LogP contribution in [0.15, 0.2) is 18.2 Å². The van der Waals surface area contributed by atoms with E-state index in [1.165, 1.54) is 12.1 Å². The highest BCUT2D eigenvalue weighted by atomic mass is 79.9. The number of halogens is 1. The molecule has 0 fully saturated rings. The molecule has 1 amide bonds. The molecule has 0 aliphatic carbocycles. The zero-order chi connectivity index (χ0) is 12.1. The number of carbonyl (C=O) groups excluding carboxylic acids is 1. The third-order valence-corrected chi connectivity index (χ3v) is 2.18. The van der Waals surface area contributed by atoms with Crippen LogP contribution in [-0.2, 0) is 4.79 Å². The van der Waals surface area contributed by atoms with Crippen molar-refractivity contribution >= 4 is 33.2 Å². The fourth-order valence-corrected chi connectivity index (χ4v) is 1.40. The summed E-state index contributed by atoms with van der Waals surface area (Å²) >= 11 is 3.10. The van der Waals surface area contributed by atoms with Gasteiger partial charge >= 0.3 is 0 Å². The number of anilines is 1. The average molecular weight is 289 g/mol. The van der Waals surface area contributed by atoms with E-state index in [1.807, 2.05) is 0 Å². The van der Waals surface area contributed by atoms with Gasteiger partial charge in [-0.2, -0.15) is 0 Å². The van der Waals surface area contributed by atoms with Gasteiger partial charge in [-0.25, -0.2) is 0 Å². The number of hydrogen-bond acceptors (Lipinski definition) is 4. The lowest BCUT2D eigenvalue weighted by molar-refractivity contribution is -0.384. The van der Waals surface area contributed by atoms with Gasteiger partial charge in [-0.15, -0.1) is 0 Å². The molecule has 0 heterocycles. The van der Waals surface area contributed by atoms with E-state index in [0.29, 0.717) is 5.33 Å². The second-order valence-electron chi connectivity index (χ2n) is 2.95. The monoisotopic (exact) mass is 288 g/mol. The summed E-state index contributed by atoms with van der Waals surface area (Å²) in [6.07, 6.45) is 0.260. The summed E-state index contributed by atoms with van der Waals surface area (Å²) in [6.45, 7) is 0. The first-order chi connectivity index (χ1) is 7.54. The number of alkyl halides is 1. The lowest BCUT2D eigenvalue weighted by Gasteiger charge is -2.05. The first-order valence-electron chi connectivity index (χ1n) is 4.38. The summed E-state index contributed by atoms with van der Waals surface area (Å²) in [7, 11) is 0. The Morgan fingerprint density at radius 2 is 2.25 bits per heavy atom. The first kappa shape index (κ1) is 12.4. The van der Waals surface area contributed by atoms with Crippen LogP contribution in [0.3, 0.4) is 0 Å². The van der Waals surface area contributed by atoms with E-state index >= 15 is 0 Å². The lowest BCUT2D eigenvalue weighted by Crippen LogP contribution is -2.11. The average Bonchev–Trinajstić information content (AvgIpc) is 2.21. The molecule has 16 heavy (non-hydrogen) atoms. The Hall–Kier alpha value is -1.63. The smallest absolute Gasteiger partial charge is 0.273 e. The highest BCUT2D eigenvalue weighted by Crippen LogP contribution is 2.27. The van der Waals surface area contributed by atoms with Crippen molar-refractivity contribution in [2.24, 2.45) is 0 Å². The largest absolute Gasteiger partial charge is 0.506 e. The number of non-ortho nitro benzene ring substituents is 1. The second-order valence-corrected chi connectivity index (χ2v) is 3.74. The summed E-state index contributed by atoms with van der Waals surface area (Å²) in [5, 5.41) is 22.8. The number of nitrogens with zero attached hydrogens (tertiary/aromatic N) is 1. The van der Waals surface area contributed by atoms with E-state index in [9.17, 15) is 20.0 Å². The van der Waals surface area contributed by atoms with E-state index in [-0.39, 0.29) is 29.5 Å². The molecule has 0 atom stereocenters. The minimum atomic E-state index is -0.621. The Balaban J connectivity index is 2.83. The van der Waals surface area contributed by atoms with Crippen molar-refractivity contribution in [2.45, 2.75) is 6.42 Å². The number of carbonyl (C=O) groups is 1. The number of phenols is 1. The maximum atomic E-state index is 11.2. The molecule has 6 nitrogen and oxygen atoms in total. The number of hydrogen-bond donors (Lipinski definition) is 2. The molecule has 0 aromatic heterocycles. The van der Waals surface area contributed by atoms with E-state index in [2.05, 4.69) is 21.2 Å². The third-order valence-electron chi connectivity index (χ3n) is 1.79. The number of amides is 1. The lowest BCUT2D eigenvalue weighted by atomic mass is 10.2. The predicted octanol–water partition coefficient (Wildman–Crippen LogP) is 2.02. The van der Waals surface area contributed by atoms with Gasteiger partial charge in [0.2, 0.25) is 5.91 Å². The molecule has 0 saturated carbocycles. The quantitative estimate of drug-likeness (QED) is 0.384. The fourth-order valence-electron chi connectivity index (χ4n) is 1.04.